The number of rotatable bonds is 15. The lowest BCUT2D eigenvalue weighted by Gasteiger charge is -2.32. The van der Waals surface area contributed by atoms with Gasteiger partial charge in [-0.05, 0) is 66.6 Å². The van der Waals surface area contributed by atoms with Crippen molar-refractivity contribution in [2.45, 2.75) is 29.2 Å². The molecule has 0 saturated heterocycles. The molecule has 0 saturated carbocycles. The lowest BCUT2D eigenvalue weighted by atomic mass is 9.82. The van der Waals surface area contributed by atoms with Crippen LogP contribution in [0, 0.1) is 12.0 Å². The van der Waals surface area contributed by atoms with Gasteiger partial charge in [0.1, 0.15) is 17.3 Å². The second kappa shape index (κ2) is 17.1. The number of benzene rings is 5. The van der Waals surface area contributed by atoms with Crippen molar-refractivity contribution in [2.75, 3.05) is 41.1 Å². The van der Waals surface area contributed by atoms with E-state index in [0.717, 1.165) is 17.3 Å². The minimum atomic E-state index is -4.83. The molecule has 6 aromatic rings. The molecule has 15 nitrogen and oxygen atoms in total. The summed E-state index contributed by atoms with van der Waals surface area (Å²) in [5, 5.41) is 2.84. The van der Waals surface area contributed by atoms with Crippen molar-refractivity contribution in [1.29, 1.82) is 0 Å². The number of anilines is 5. The van der Waals surface area contributed by atoms with Crippen molar-refractivity contribution in [2.24, 2.45) is 0 Å². The van der Waals surface area contributed by atoms with Gasteiger partial charge in [-0.1, -0.05) is 48.5 Å². The zero-order valence-electron chi connectivity index (χ0n) is 32.3. The molecule has 1 atom stereocenters. The van der Waals surface area contributed by atoms with Gasteiger partial charge in [0.15, 0.2) is 9.84 Å². The monoisotopic (exact) mass is 893 g/mol. The standard InChI is InChI=1S/C41H37F2N5O10S3/c1-3-48(29-7-6-8-31(21-29)59(49,50)20-19-57-61(54,55)56)30-16-18-33-36(23-30)58-35-22-28(15-17-32(35)40(33)34-9-4-5-10-37(34)60(51,52)53)47(2)25-26-11-13-27(14-12-26)44-39-24-38(42)45-41(43)46-39/h4-18,21-24,40H,3,19-20,25H2,1-2H3,(H,44,45,46)(H,51,52,53)(H,54,55,56). The van der Waals surface area contributed by atoms with Crippen LogP contribution in [0.1, 0.15) is 35.1 Å². The van der Waals surface area contributed by atoms with E-state index in [1.807, 2.05) is 54.1 Å². The molecule has 61 heavy (non-hydrogen) atoms. The molecule has 5 aromatic carbocycles. The fraction of sp³-hybridized carbons (Fsp3) is 0.171. The molecule has 1 aliphatic heterocycles. The quantitative estimate of drug-likeness (QED) is 0.0520. The normalized spacial score (nSPS) is 13.8. The van der Waals surface area contributed by atoms with Crippen LogP contribution in [-0.2, 0) is 41.1 Å². The summed E-state index contributed by atoms with van der Waals surface area (Å²) in [6.07, 6.45) is -1.19. The van der Waals surface area contributed by atoms with E-state index in [2.05, 4.69) is 19.5 Å². The molecule has 1 aliphatic rings. The van der Waals surface area contributed by atoms with Crippen molar-refractivity contribution in [1.82, 2.24) is 9.97 Å². The first-order chi connectivity index (χ1) is 28.9. The van der Waals surface area contributed by atoms with Crippen molar-refractivity contribution >= 4 is 58.9 Å². The summed E-state index contributed by atoms with van der Waals surface area (Å²) in [5.41, 5.74) is 4.79. The van der Waals surface area contributed by atoms with Crippen LogP contribution in [-0.4, -0.2) is 70.3 Å². The summed E-state index contributed by atoms with van der Waals surface area (Å²) in [4.78, 5) is 9.95. The zero-order valence-corrected chi connectivity index (χ0v) is 34.8. The maximum absolute atomic E-state index is 13.6. The Morgan fingerprint density at radius 1 is 0.754 bits per heavy atom. The first kappa shape index (κ1) is 43.1. The lowest BCUT2D eigenvalue weighted by molar-refractivity contribution is 0.284. The van der Waals surface area contributed by atoms with Gasteiger partial charge in [0.2, 0.25) is 5.95 Å². The Kier molecular flexibility index (Phi) is 12.1. The number of fused-ring (bicyclic) bond motifs is 2. The van der Waals surface area contributed by atoms with Gasteiger partial charge in [-0.15, -0.1) is 0 Å². The largest absolute Gasteiger partial charge is 0.457 e. The molecule has 0 spiro atoms. The van der Waals surface area contributed by atoms with Gasteiger partial charge in [0.05, 0.1) is 22.2 Å². The van der Waals surface area contributed by atoms with Crippen LogP contribution in [0.15, 0.2) is 125 Å². The van der Waals surface area contributed by atoms with Crippen LogP contribution in [0.2, 0.25) is 0 Å². The van der Waals surface area contributed by atoms with Crippen LogP contribution in [0.4, 0.5) is 37.3 Å². The topological polar surface area (TPSA) is 206 Å². The Morgan fingerprint density at radius 3 is 2.07 bits per heavy atom. The average Bonchev–Trinajstić information content (AvgIpc) is 3.19. The number of nitrogens with zero attached hydrogens (tertiary/aromatic N) is 4. The number of aromatic nitrogens is 2. The van der Waals surface area contributed by atoms with Gasteiger partial charge < -0.3 is 19.9 Å². The van der Waals surface area contributed by atoms with E-state index in [4.69, 9.17) is 9.29 Å². The zero-order chi connectivity index (χ0) is 43.7. The first-order valence-corrected chi connectivity index (χ1v) is 22.9. The highest BCUT2D eigenvalue weighted by Gasteiger charge is 2.33. The molecule has 0 radical (unpaired) electrons. The summed E-state index contributed by atoms with van der Waals surface area (Å²) < 4.78 is 131. The van der Waals surface area contributed by atoms with Crippen LogP contribution in [0.25, 0.3) is 0 Å². The van der Waals surface area contributed by atoms with Gasteiger partial charge in [-0.2, -0.15) is 35.6 Å². The lowest BCUT2D eigenvalue weighted by Crippen LogP contribution is -2.20. The van der Waals surface area contributed by atoms with E-state index in [1.165, 1.54) is 30.3 Å². The van der Waals surface area contributed by atoms with E-state index >= 15 is 0 Å². The van der Waals surface area contributed by atoms with Gasteiger partial charge in [-0.25, -0.2) is 12.6 Å². The molecule has 7 rings (SSSR count). The molecule has 1 aromatic heterocycles. The first-order valence-electron chi connectivity index (χ1n) is 18.4. The highest BCUT2D eigenvalue weighted by atomic mass is 32.3. The molecule has 2 heterocycles. The average molecular weight is 894 g/mol. The van der Waals surface area contributed by atoms with Crippen molar-refractivity contribution in [3.05, 3.63) is 150 Å². The highest BCUT2D eigenvalue weighted by Crippen LogP contribution is 2.51. The fourth-order valence-corrected chi connectivity index (χ4v) is 9.32. The third kappa shape index (κ3) is 9.96. The maximum atomic E-state index is 13.6. The second-order valence-corrected chi connectivity index (χ2v) is 18.4. The smallest absolute Gasteiger partial charge is 0.397 e. The molecule has 0 bridgehead atoms. The van der Waals surface area contributed by atoms with Crippen LogP contribution in [0.5, 0.6) is 11.5 Å². The predicted molar refractivity (Wildman–Crippen MR) is 223 cm³/mol. The molecule has 3 N–H and O–H groups in total. The third-order valence-electron chi connectivity index (χ3n) is 9.80. The summed E-state index contributed by atoms with van der Waals surface area (Å²) in [5.74, 6) is -1.68. The maximum Gasteiger partial charge on any atom is 0.397 e. The third-order valence-corrected chi connectivity index (χ3v) is 12.9. The number of sulfone groups is 1. The van der Waals surface area contributed by atoms with Gasteiger partial charge in [0, 0.05) is 78.1 Å². The molecular formula is C41H37F2N5O10S3. The van der Waals surface area contributed by atoms with E-state index in [0.29, 0.717) is 58.3 Å². The van der Waals surface area contributed by atoms with E-state index in [1.54, 1.807) is 48.5 Å². The molecule has 1 unspecified atom stereocenters. The molecule has 20 heteroatoms. The summed E-state index contributed by atoms with van der Waals surface area (Å²) in [6.45, 7) is 1.87. The SMILES string of the molecule is CCN(c1cccc(S(=O)(=O)CCOS(=O)(=O)O)c1)c1ccc2c(c1)Oc1cc(N(C)Cc3ccc(Nc4cc(F)nc(F)n4)cc3)ccc1C2c1ccccc1S(=O)(=O)O. The summed E-state index contributed by atoms with van der Waals surface area (Å²) in [7, 11) is -11.7. The van der Waals surface area contributed by atoms with E-state index < -0.39 is 60.7 Å². The highest BCUT2D eigenvalue weighted by molar-refractivity contribution is 7.91. The number of nitrogens with one attached hydrogen (secondary N) is 1. The predicted octanol–water partition coefficient (Wildman–Crippen LogP) is 7.42. The number of halogens is 2. The van der Waals surface area contributed by atoms with Crippen LogP contribution in [0.3, 0.4) is 0 Å². The fourth-order valence-electron chi connectivity index (χ4n) is 7.07. The molecule has 0 fully saturated rings. The van der Waals surface area contributed by atoms with Gasteiger partial charge >= 0.3 is 16.5 Å². The number of hydrogen-bond donors (Lipinski definition) is 3. The van der Waals surface area contributed by atoms with Crippen LogP contribution < -0.4 is 19.9 Å². The van der Waals surface area contributed by atoms with Gasteiger partial charge in [0.25, 0.3) is 10.1 Å². The minimum Gasteiger partial charge on any atom is -0.457 e. The second-order valence-electron chi connectivity index (χ2n) is 13.8. The van der Waals surface area contributed by atoms with Crippen LogP contribution >= 0.6 is 0 Å². The Morgan fingerprint density at radius 2 is 1.41 bits per heavy atom. The van der Waals surface area contributed by atoms with E-state index in [9.17, 15) is 38.6 Å². The Labute approximate surface area is 350 Å². The number of ether oxygens (including phenoxy) is 1. The van der Waals surface area contributed by atoms with Crippen molar-refractivity contribution in [3.8, 4) is 11.5 Å². The summed E-state index contributed by atoms with van der Waals surface area (Å²) in [6, 6.07) is 31.1. The van der Waals surface area contributed by atoms with E-state index in [-0.39, 0.29) is 15.6 Å². The molecule has 0 amide bonds. The molecule has 0 aliphatic carbocycles. The number of hydrogen-bond acceptors (Lipinski definition) is 13. The Balaban J connectivity index is 1.21. The van der Waals surface area contributed by atoms with Gasteiger partial charge in [-0.3, -0.25) is 9.11 Å². The van der Waals surface area contributed by atoms with Crippen molar-refractivity contribution < 1.29 is 52.1 Å². The van der Waals surface area contributed by atoms with Crippen molar-refractivity contribution in [3.63, 3.8) is 0 Å². The molecular weight excluding hydrogens is 857 g/mol. The Bertz CT molecular complexity index is 2940. The minimum absolute atomic E-state index is 0.0398. The Hall–Kier alpha value is -6.03. The summed E-state index contributed by atoms with van der Waals surface area (Å²) >= 11 is 0. The molecule has 318 valence electrons.